The minimum absolute atomic E-state index is 0.114. The summed E-state index contributed by atoms with van der Waals surface area (Å²) in [5, 5.41) is 0. The van der Waals surface area contributed by atoms with Crippen LogP contribution in [-0.2, 0) is 4.74 Å². The Kier molecular flexibility index (Phi) is 4.16. The molecule has 2 unspecified atom stereocenters. The Labute approximate surface area is 106 Å². The van der Waals surface area contributed by atoms with Crippen LogP contribution < -0.4 is 16.0 Å². The summed E-state index contributed by atoms with van der Waals surface area (Å²) in [6, 6.07) is 4.68. The summed E-state index contributed by atoms with van der Waals surface area (Å²) in [5.74, 6) is 5.85. The van der Waals surface area contributed by atoms with Crippen LogP contribution in [0.25, 0.3) is 0 Å². The van der Waals surface area contributed by atoms with E-state index in [9.17, 15) is 4.39 Å². The van der Waals surface area contributed by atoms with Crippen LogP contribution in [0, 0.1) is 11.7 Å². The molecule has 3 N–H and O–H groups in total. The van der Waals surface area contributed by atoms with Gasteiger partial charge in [0.2, 0.25) is 0 Å². The number of halogens is 1. The van der Waals surface area contributed by atoms with Crippen LogP contribution in [0.3, 0.4) is 0 Å². The highest BCUT2D eigenvalue weighted by Gasteiger charge is 2.38. The highest BCUT2D eigenvalue weighted by atomic mass is 19.1. The molecule has 1 aliphatic rings. The lowest BCUT2D eigenvalue weighted by Gasteiger charge is -2.26. The van der Waals surface area contributed by atoms with Gasteiger partial charge in [0.05, 0.1) is 19.3 Å². The molecule has 2 atom stereocenters. The fourth-order valence-electron chi connectivity index (χ4n) is 2.31. The molecule has 1 saturated carbocycles. The molecule has 1 aromatic rings. The Balaban J connectivity index is 2.31. The van der Waals surface area contributed by atoms with Crippen LogP contribution in [0.4, 0.5) is 4.39 Å². The van der Waals surface area contributed by atoms with Gasteiger partial charge in [0, 0.05) is 12.7 Å². The molecule has 0 bridgehead atoms. The van der Waals surface area contributed by atoms with Gasteiger partial charge in [-0.05, 0) is 24.8 Å². The molecule has 0 aliphatic heterocycles. The standard InChI is InChI=1S/C13H19FN2O2/c1-17-10-5-3-4-9(11(10)14)12(16-15)13(18-2)8-6-7-8/h3-5,8,12-13,16H,6-7,15H2,1-2H3. The first kappa shape index (κ1) is 13.3. The lowest BCUT2D eigenvalue weighted by molar-refractivity contribution is 0.0494. The zero-order chi connectivity index (χ0) is 13.1. The Morgan fingerprint density at radius 1 is 1.39 bits per heavy atom. The van der Waals surface area contributed by atoms with Gasteiger partial charge >= 0.3 is 0 Å². The van der Waals surface area contributed by atoms with E-state index in [1.54, 1.807) is 25.3 Å². The van der Waals surface area contributed by atoms with Crippen LogP contribution in [0.5, 0.6) is 5.75 Å². The molecule has 18 heavy (non-hydrogen) atoms. The summed E-state index contributed by atoms with van der Waals surface area (Å²) in [5.41, 5.74) is 3.14. The predicted octanol–water partition coefficient (Wildman–Crippen LogP) is 1.76. The van der Waals surface area contributed by atoms with E-state index in [2.05, 4.69) is 5.43 Å². The molecule has 1 fully saturated rings. The fraction of sp³-hybridized carbons (Fsp3) is 0.538. The first-order valence-electron chi connectivity index (χ1n) is 6.04. The highest BCUT2D eigenvalue weighted by Crippen LogP contribution is 2.40. The molecular weight excluding hydrogens is 235 g/mol. The minimum atomic E-state index is -0.384. The van der Waals surface area contributed by atoms with Crippen LogP contribution in [0.1, 0.15) is 24.4 Å². The maximum Gasteiger partial charge on any atom is 0.169 e. The Morgan fingerprint density at radius 2 is 2.11 bits per heavy atom. The van der Waals surface area contributed by atoms with Crippen molar-refractivity contribution >= 4 is 0 Å². The second-order valence-electron chi connectivity index (χ2n) is 4.55. The first-order chi connectivity index (χ1) is 8.72. The number of benzene rings is 1. The van der Waals surface area contributed by atoms with Gasteiger partial charge in [-0.25, -0.2) is 4.39 Å². The molecule has 5 heteroatoms. The maximum absolute atomic E-state index is 14.2. The molecule has 0 amide bonds. The van der Waals surface area contributed by atoms with Crippen molar-refractivity contribution in [2.45, 2.75) is 25.0 Å². The summed E-state index contributed by atoms with van der Waals surface area (Å²) < 4.78 is 24.7. The van der Waals surface area contributed by atoms with Gasteiger partial charge in [-0.15, -0.1) is 0 Å². The number of nitrogens with one attached hydrogen (secondary N) is 1. The molecule has 0 radical (unpaired) electrons. The van der Waals surface area contributed by atoms with Crippen molar-refractivity contribution in [3.05, 3.63) is 29.6 Å². The number of hydrogen-bond acceptors (Lipinski definition) is 4. The smallest absolute Gasteiger partial charge is 0.169 e. The minimum Gasteiger partial charge on any atom is -0.494 e. The van der Waals surface area contributed by atoms with Crippen LogP contribution in [0.2, 0.25) is 0 Å². The third-order valence-electron chi connectivity index (χ3n) is 3.42. The second kappa shape index (κ2) is 5.65. The van der Waals surface area contributed by atoms with E-state index >= 15 is 0 Å². The Morgan fingerprint density at radius 3 is 2.61 bits per heavy atom. The molecule has 1 aromatic carbocycles. The van der Waals surface area contributed by atoms with Gasteiger partial charge in [-0.2, -0.15) is 0 Å². The summed E-state index contributed by atoms with van der Waals surface area (Å²) in [6.07, 6.45) is 2.08. The summed E-state index contributed by atoms with van der Waals surface area (Å²) in [7, 11) is 3.08. The summed E-state index contributed by atoms with van der Waals surface area (Å²) in [4.78, 5) is 0. The predicted molar refractivity (Wildman–Crippen MR) is 66.5 cm³/mol. The third-order valence-corrected chi connectivity index (χ3v) is 3.42. The Bertz CT molecular complexity index is 410. The van der Waals surface area contributed by atoms with E-state index in [0.717, 1.165) is 12.8 Å². The number of methoxy groups -OCH3 is 2. The average Bonchev–Trinajstić information content (AvgIpc) is 3.21. The second-order valence-corrected chi connectivity index (χ2v) is 4.55. The summed E-state index contributed by atoms with van der Waals surface area (Å²) in [6.45, 7) is 0. The molecular formula is C13H19FN2O2. The molecule has 0 spiro atoms. The van der Waals surface area contributed by atoms with E-state index in [-0.39, 0.29) is 23.7 Å². The van der Waals surface area contributed by atoms with E-state index < -0.39 is 0 Å². The van der Waals surface area contributed by atoms with Crippen molar-refractivity contribution in [2.75, 3.05) is 14.2 Å². The molecule has 4 nitrogen and oxygen atoms in total. The topological polar surface area (TPSA) is 56.5 Å². The van der Waals surface area contributed by atoms with E-state index in [4.69, 9.17) is 15.3 Å². The van der Waals surface area contributed by atoms with Gasteiger partial charge in [0.15, 0.2) is 11.6 Å². The Hall–Kier alpha value is -1.17. The van der Waals surface area contributed by atoms with Crippen LogP contribution >= 0.6 is 0 Å². The highest BCUT2D eigenvalue weighted by molar-refractivity contribution is 5.33. The van der Waals surface area contributed by atoms with Crippen LogP contribution in [-0.4, -0.2) is 20.3 Å². The lowest BCUT2D eigenvalue weighted by atomic mass is 9.97. The monoisotopic (exact) mass is 254 g/mol. The largest absolute Gasteiger partial charge is 0.494 e. The number of hydrogen-bond donors (Lipinski definition) is 2. The van der Waals surface area contributed by atoms with Crippen molar-refractivity contribution in [1.29, 1.82) is 0 Å². The zero-order valence-electron chi connectivity index (χ0n) is 10.7. The zero-order valence-corrected chi connectivity index (χ0v) is 10.7. The van der Waals surface area contributed by atoms with Crippen molar-refractivity contribution < 1.29 is 13.9 Å². The molecule has 1 aliphatic carbocycles. The van der Waals surface area contributed by atoms with Crippen molar-refractivity contribution in [3.63, 3.8) is 0 Å². The third kappa shape index (κ3) is 2.48. The van der Waals surface area contributed by atoms with Crippen molar-refractivity contribution in [1.82, 2.24) is 5.43 Å². The number of hydrazine groups is 1. The van der Waals surface area contributed by atoms with Crippen molar-refractivity contribution in [3.8, 4) is 5.75 Å². The number of ether oxygens (including phenoxy) is 2. The average molecular weight is 254 g/mol. The van der Waals surface area contributed by atoms with E-state index in [0.29, 0.717) is 11.5 Å². The van der Waals surface area contributed by atoms with Gasteiger partial charge < -0.3 is 9.47 Å². The maximum atomic E-state index is 14.2. The van der Waals surface area contributed by atoms with Crippen LogP contribution in [0.15, 0.2) is 18.2 Å². The summed E-state index contributed by atoms with van der Waals surface area (Å²) >= 11 is 0. The van der Waals surface area contributed by atoms with Crippen molar-refractivity contribution in [2.24, 2.45) is 11.8 Å². The lowest BCUT2D eigenvalue weighted by Crippen LogP contribution is -2.39. The van der Waals surface area contributed by atoms with Gasteiger partial charge in [-0.3, -0.25) is 11.3 Å². The molecule has 0 heterocycles. The van der Waals surface area contributed by atoms with Gasteiger partial charge in [0.25, 0.3) is 0 Å². The fourth-order valence-corrected chi connectivity index (χ4v) is 2.31. The SMILES string of the molecule is COc1cccc(C(NN)C(OC)C2CC2)c1F. The normalized spacial score (nSPS) is 18.4. The van der Waals surface area contributed by atoms with E-state index in [1.807, 2.05) is 0 Å². The first-order valence-corrected chi connectivity index (χ1v) is 6.04. The molecule has 100 valence electrons. The van der Waals surface area contributed by atoms with E-state index in [1.165, 1.54) is 7.11 Å². The van der Waals surface area contributed by atoms with Gasteiger partial charge in [-0.1, -0.05) is 12.1 Å². The number of rotatable bonds is 6. The quantitative estimate of drug-likeness (QED) is 0.600. The number of nitrogens with two attached hydrogens (primary N) is 1. The van der Waals surface area contributed by atoms with Gasteiger partial charge in [0.1, 0.15) is 0 Å². The molecule has 0 aromatic heterocycles. The molecule has 2 rings (SSSR count). The molecule has 0 saturated heterocycles.